The van der Waals surface area contributed by atoms with E-state index in [-0.39, 0.29) is 18.5 Å². The van der Waals surface area contributed by atoms with E-state index in [1.807, 2.05) is 36.7 Å². The molecular weight excluding hydrogens is 420 g/mol. The van der Waals surface area contributed by atoms with Gasteiger partial charge in [-0.15, -0.1) is 0 Å². The van der Waals surface area contributed by atoms with Crippen molar-refractivity contribution in [3.05, 3.63) is 47.9 Å². The minimum atomic E-state index is -0.266. The lowest BCUT2D eigenvalue weighted by Gasteiger charge is -2.11. The zero-order chi connectivity index (χ0) is 22.0. The molecule has 0 N–H and O–H groups in total. The average Bonchev–Trinajstić information content (AvgIpc) is 3.40. The van der Waals surface area contributed by atoms with Gasteiger partial charge in [0.2, 0.25) is 5.82 Å². The summed E-state index contributed by atoms with van der Waals surface area (Å²) in [5.41, 5.74) is 2.29. The Balaban J connectivity index is 1.63. The van der Waals surface area contributed by atoms with Gasteiger partial charge in [0.25, 0.3) is 5.89 Å². The second-order valence-corrected chi connectivity index (χ2v) is 7.60. The minimum absolute atomic E-state index is 0.0197. The summed E-state index contributed by atoms with van der Waals surface area (Å²) in [5.74, 6) is 1.09. The molecule has 0 spiro atoms. The molecule has 4 rings (SSSR count). The highest BCUT2D eigenvalue weighted by atomic mass is 35.5. The van der Waals surface area contributed by atoms with Crippen molar-refractivity contribution in [1.82, 2.24) is 19.7 Å². The van der Waals surface area contributed by atoms with Crippen LogP contribution in [-0.2, 0) is 16.1 Å². The van der Waals surface area contributed by atoms with E-state index in [0.29, 0.717) is 34.6 Å². The number of pyridine rings is 1. The molecule has 4 aromatic rings. The third-order valence-corrected chi connectivity index (χ3v) is 4.99. The number of aryl methyl sites for hydroxylation is 1. The Labute approximate surface area is 183 Å². The summed E-state index contributed by atoms with van der Waals surface area (Å²) in [5, 5.41) is 5.50. The van der Waals surface area contributed by atoms with E-state index < -0.39 is 0 Å². The number of hydrogen-bond donors (Lipinski definition) is 0. The Morgan fingerprint density at radius 1 is 1.26 bits per heavy atom. The molecule has 0 aliphatic rings. The Kier molecular flexibility index (Phi) is 5.90. The van der Waals surface area contributed by atoms with Gasteiger partial charge in [-0.2, -0.15) is 4.98 Å². The first kappa shape index (κ1) is 20.9. The number of aromatic nitrogens is 4. The van der Waals surface area contributed by atoms with Gasteiger partial charge in [-0.25, -0.2) is 0 Å². The van der Waals surface area contributed by atoms with Gasteiger partial charge in [0, 0.05) is 29.9 Å². The fourth-order valence-corrected chi connectivity index (χ4v) is 3.45. The molecule has 0 saturated carbocycles. The zero-order valence-corrected chi connectivity index (χ0v) is 18.1. The van der Waals surface area contributed by atoms with Gasteiger partial charge in [0.15, 0.2) is 0 Å². The Morgan fingerprint density at radius 2 is 2.10 bits per heavy atom. The molecule has 0 radical (unpaired) electrons. The summed E-state index contributed by atoms with van der Waals surface area (Å²) in [6, 6.07) is 7.28. The maximum Gasteiger partial charge on any atom is 0.307 e. The molecule has 31 heavy (non-hydrogen) atoms. The number of fused-ring (bicyclic) bond motifs is 1. The standard InChI is InChI=1S/C22H21ClN4O4/c1-13(2)30-19-5-4-14(10-17(19)23)22-25-21(26-31-22)16-11-24-12-18-15(16)6-8-27(18)9-7-20(28)29-3/h4-6,8,10-13H,7,9H2,1-3H3. The third-order valence-electron chi connectivity index (χ3n) is 4.69. The van der Waals surface area contributed by atoms with Crippen molar-refractivity contribution in [1.29, 1.82) is 0 Å². The summed E-state index contributed by atoms with van der Waals surface area (Å²) >= 11 is 6.33. The van der Waals surface area contributed by atoms with Crippen molar-refractivity contribution in [2.24, 2.45) is 0 Å². The number of hydrogen-bond acceptors (Lipinski definition) is 7. The van der Waals surface area contributed by atoms with Crippen molar-refractivity contribution in [2.45, 2.75) is 32.9 Å². The van der Waals surface area contributed by atoms with Crippen molar-refractivity contribution >= 4 is 28.5 Å². The highest BCUT2D eigenvalue weighted by molar-refractivity contribution is 6.32. The summed E-state index contributed by atoms with van der Waals surface area (Å²) < 4.78 is 17.8. The average molecular weight is 441 g/mol. The molecule has 0 aliphatic heterocycles. The number of esters is 1. The molecule has 0 aliphatic carbocycles. The van der Waals surface area contributed by atoms with Crippen molar-refractivity contribution in [3.8, 4) is 28.6 Å². The van der Waals surface area contributed by atoms with E-state index in [1.165, 1.54) is 7.11 Å². The minimum Gasteiger partial charge on any atom is -0.489 e. The number of carbonyl (C=O) groups excluding carboxylic acids is 1. The predicted octanol–water partition coefficient (Wildman–Crippen LogP) is 4.76. The van der Waals surface area contributed by atoms with Crippen LogP contribution in [0.5, 0.6) is 5.75 Å². The molecule has 160 valence electrons. The van der Waals surface area contributed by atoms with Gasteiger partial charge in [0.1, 0.15) is 5.75 Å². The van der Waals surface area contributed by atoms with Gasteiger partial charge >= 0.3 is 5.97 Å². The normalized spacial score (nSPS) is 11.3. The second kappa shape index (κ2) is 8.77. The van der Waals surface area contributed by atoms with Crippen LogP contribution in [0.3, 0.4) is 0 Å². The Hall–Kier alpha value is -3.39. The van der Waals surface area contributed by atoms with E-state index in [1.54, 1.807) is 24.5 Å². The topological polar surface area (TPSA) is 92.3 Å². The largest absolute Gasteiger partial charge is 0.489 e. The SMILES string of the molecule is COC(=O)CCn1ccc2c(-c3noc(-c4ccc(OC(C)C)c(Cl)c4)n3)cncc21. The summed E-state index contributed by atoms with van der Waals surface area (Å²) in [6.45, 7) is 4.36. The van der Waals surface area contributed by atoms with Gasteiger partial charge in [-0.1, -0.05) is 16.8 Å². The molecule has 1 aromatic carbocycles. The Bertz CT molecular complexity index is 1230. The number of carbonyl (C=O) groups is 1. The maximum atomic E-state index is 11.5. The smallest absolute Gasteiger partial charge is 0.307 e. The highest BCUT2D eigenvalue weighted by Crippen LogP contribution is 2.32. The van der Waals surface area contributed by atoms with E-state index in [9.17, 15) is 4.79 Å². The van der Waals surface area contributed by atoms with Crippen molar-refractivity contribution in [3.63, 3.8) is 0 Å². The molecule has 0 bridgehead atoms. The Morgan fingerprint density at radius 3 is 2.84 bits per heavy atom. The first-order valence-electron chi connectivity index (χ1n) is 9.76. The van der Waals surface area contributed by atoms with E-state index in [4.69, 9.17) is 25.6 Å². The summed E-state index contributed by atoms with van der Waals surface area (Å²) in [6.07, 6.45) is 5.62. The molecule has 0 atom stereocenters. The summed E-state index contributed by atoms with van der Waals surface area (Å²) in [4.78, 5) is 20.3. The third kappa shape index (κ3) is 4.39. The number of nitrogens with zero attached hydrogens (tertiary/aromatic N) is 4. The number of halogens is 1. The van der Waals surface area contributed by atoms with Crippen LogP contribution in [0.2, 0.25) is 5.02 Å². The molecule has 0 saturated heterocycles. The van der Waals surface area contributed by atoms with Crippen LogP contribution in [0, 0.1) is 0 Å². The first-order valence-corrected chi connectivity index (χ1v) is 10.1. The number of benzene rings is 1. The van der Waals surface area contributed by atoms with Gasteiger partial charge < -0.3 is 18.6 Å². The van der Waals surface area contributed by atoms with Crippen molar-refractivity contribution < 1.29 is 18.8 Å². The predicted molar refractivity (Wildman–Crippen MR) is 116 cm³/mol. The van der Waals surface area contributed by atoms with Crippen molar-refractivity contribution in [2.75, 3.05) is 7.11 Å². The lowest BCUT2D eigenvalue weighted by molar-refractivity contribution is -0.140. The van der Waals surface area contributed by atoms with Crippen LogP contribution in [-0.4, -0.2) is 38.9 Å². The molecule has 8 nitrogen and oxygen atoms in total. The van der Waals surface area contributed by atoms with Gasteiger partial charge in [-0.3, -0.25) is 9.78 Å². The lowest BCUT2D eigenvalue weighted by atomic mass is 10.1. The fraction of sp³-hybridized carbons (Fsp3) is 0.273. The zero-order valence-electron chi connectivity index (χ0n) is 17.3. The molecule has 0 unspecified atom stereocenters. The molecule has 0 amide bonds. The van der Waals surface area contributed by atoms with Crippen LogP contribution in [0.25, 0.3) is 33.7 Å². The fourth-order valence-electron chi connectivity index (χ4n) is 3.23. The second-order valence-electron chi connectivity index (χ2n) is 7.19. The number of ether oxygens (including phenoxy) is 2. The first-order chi connectivity index (χ1) is 15.0. The van der Waals surface area contributed by atoms with Crippen LogP contribution in [0.1, 0.15) is 20.3 Å². The van der Waals surface area contributed by atoms with E-state index >= 15 is 0 Å². The quantitative estimate of drug-likeness (QED) is 0.382. The molecule has 3 heterocycles. The van der Waals surface area contributed by atoms with Gasteiger partial charge in [0.05, 0.1) is 41.9 Å². The highest BCUT2D eigenvalue weighted by Gasteiger charge is 2.17. The van der Waals surface area contributed by atoms with Crippen LogP contribution in [0.15, 0.2) is 47.4 Å². The maximum absolute atomic E-state index is 11.5. The number of methoxy groups -OCH3 is 1. The monoisotopic (exact) mass is 440 g/mol. The van der Waals surface area contributed by atoms with Crippen LogP contribution < -0.4 is 4.74 Å². The van der Waals surface area contributed by atoms with Gasteiger partial charge in [-0.05, 0) is 38.1 Å². The van der Waals surface area contributed by atoms with Crippen LogP contribution >= 0.6 is 11.6 Å². The molecule has 3 aromatic heterocycles. The molecular formula is C22H21ClN4O4. The molecule has 9 heteroatoms. The molecule has 0 fully saturated rings. The van der Waals surface area contributed by atoms with E-state index in [0.717, 1.165) is 16.5 Å². The summed E-state index contributed by atoms with van der Waals surface area (Å²) in [7, 11) is 1.38. The number of rotatable bonds is 7. The van der Waals surface area contributed by atoms with E-state index in [2.05, 4.69) is 15.1 Å². The van der Waals surface area contributed by atoms with Crippen LogP contribution in [0.4, 0.5) is 0 Å². The lowest BCUT2D eigenvalue weighted by Crippen LogP contribution is -2.06.